The molecule has 0 spiro atoms. The Morgan fingerprint density at radius 1 is 1.38 bits per heavy atom. The summed E-state index contributed by atoms with van der Waals surface area (Å²) in [6, 6.07) is 3.37. The van der Waals surface area contributed by atoms with Crippen LogP contribution < -0.4 is 5.32 Å². The Labute approximate surface area is 127 Å². The molecule has 0 bridgehead atoms. The van der Waals surface area contributed by atoms with Gasteiger partial charge in [-0.1, -0.05) is 0 Å². The minimum Gasteiger partial charge on any atom is -0.396 e. The topological polar surface area (TPSA) is 49.3 Å². The molecule has 1 amide bonds. The molecule has 1 fully saturated rings. The Kier molecular flexibility index (Phi) is 5.99. The third kappa shape index (κ3) is 4.68. The smallest absolute Gasteiger partial charge is 0.223 e. The molecule has 116 valence electrons. The van der Waals surface area contributed by atoms with Gasteiger partial charge in [-0.2, -0.15) is 11.8 Å². The molecule has 2 N–H and O–H groups in total. The summed E-state index contributed by atoms with van der Waals surface area (Å²) in [5, 5.41) is 11.4. The van der Waals surface area contributed by atoms with Gasteiger partial charge in [-0.05, 0) is 48.3 Å². The van der Waals surface area contributed by atoms with Crippen LogP contribution in [0.1, 0.15) is 24.3 Å². The van der Waals surface area contributed by atoms with Gasteiger partial charge in [0.05, 0.1) is 0 Å². The molecule has 0 aromatic heterocycles. The number of aliphatic hydroxyl groups is 1. The van der Waals surface area contributed by atoms with Gasteiger partial charge in [0.15, 0.2) is 0 Å². The van der Waals surface area contributed by atoms with E-state index in [4.69, 9.17) is 5.11 Å². The summed E-state index contributed by atoms with van der Waals surface area (Å²) in [4.78, 5) is 11.9. The molecule has 0 saturated heterocycles. The summed E-state index contributed by atoms with van der Waals surface area (Å²) in [6.07, 6.45) is 1.33. The van der Waals surface area contributed by atoms with E-state index in [1.165, 1.54) is 6.07 Å². The largest absolute Gasteiger partial charge is 0.396 e. The molecule has 2 unspecified atom stereocenters. The van der Waals surface area contributed by atoms with E-state index in [1.54, 1.807) is 11.8 Å². The average Bonchev–Trinajstić information content (AvgIpc) is 3.25. The molecule has 1 aliphatic carbocycles. The molecular weight excluding hydrogens is 296 g/mol. The summed E-state index contributed by atoms with van der Waals surface area (Å²) in [7, 11) is 0. The van der Waals surface area contributed by atoms with E-state index >= 15 is 0 Å². The fourth-order valence-corrected chi connectivity index (χ4v) is 3.06. The minimum atomic E-state index is -0.474. The van der Waals surface area contributed by atoms with Gasteiger partial charge >= 0.3 is 0 Å². The monoisotopic (exact) mass is 315 g/mol. The Hall–Kier alpha value is -1.14. The average molecular weight is 315 g/mol. The van der Waals surface area contributed by atoms with Gasteiger partial charge in [0.1, 0.15) is 11.6 Å². The van der Waals surface area contributed by atoms with Crippen LogP contribution in [0.4, 0.5) is 8.78 Å². The SMILES string of the molecule is O=C(NCCSCCCO)C1CC1c1cc(F)ccc1F. The second kappa shape index (κ2) is 7.75. The maximum absolute atomic E-state index is 13.6. The Morgan fingerprint density at radius 2 is 2.19 bits per heavy atom. The van der Waals surface area contributed by atoms with E-state index < -0.39 is 11.6 Å². The second-order valence-electron chi connectivity index (χ2n) is 5.10. The van der Waals surface area contributed by atoms with Crippen molar-refractivity contribution >= 4 is 17.7 Å². The number of hydrogen-bond donors (Lipinski definition) is 2. The van der Waals surface area contributed by atoms with Crippen molar-refractivity contribution in [1.29, 1.82) is 0 Å². The van der Waals surface area contributed by atoms with Crippen LogP contribution in [0.15, 0.2) is 18.2 Å². The maximum atomic E-state index is 13.6. The first-order valence-electron chi connectivity index (χ1n) is 7.04. The standard InChI is InChI=1S/C15H19F2NO2S/c16-10-2-3-14(17)12(8-10)11-9-13(11)15(20)18-4-7-21-6-1-5-19/h2-3,8,11,13,19H,1,4-7,9H2,(H,18,20). The number of rotatable bonds is 8. The highest BCUT2D eigenvalue weighted by molar-refractivity contribution is 7.99. The molecule has 6 heteroatoms. The van der Waals surface area contributed by atoms with Gasteiger partial charge in [-0.15, -0.1) is 0 Å². The van der Waals surface area contributed by atoms with Crippen molar-refractivity contribution in [3.8, 4) is 0 Å². The Morgan fingerprint density at radius 3 is 2.95 bits per heavy atom. The highest BCUT2D eigenvalue weighted by atomic mass is 32.2. The van der Waals surface area contributed by atoms with E-state index in [9.17, 15) is 13.6 Å². The van der Waals surface area contributed by atoms with Gasteiger partial charge in [0.2, 0.25) is 5.91 Å². The fraction of sp³-hybridized carbons (Fsp3) is 0.533. The van der Waals surface area contributed by atoms with Crippen LogP contribution in [0.5, 0.6) is 0 Å². The number of thioether (sulfide) groups is 1. The highest BCUT2D eigenvalue weighted by Crippen LogP contribution is 2.48. The fourth-order valence-electron chi connectivity index (χ4n) is 2.27. The molecule has 21 heavy (non-hydrogen) atoms. The van der Waals surface area contributed by atoms with Crippen molar-refractivity contribution in [3.05, 3.63) is 35.4 Å². The van der Waals surface area contributed by atoms with Crippen LogP contribution >= 0.6 is 11.8 Å². The van der Waals surface area contributed by atoms with Crippen LogP contribution in [0.2, 0.25) is 0 Å². The van der Waals surface area contributed by atoms with E-state index in [1.807, 2.05) is 0 Å². The van der Waals surface area contributed by atoms with Crippen molar-refractivity contribution in [2.45, 2.75) is 18.8 Å². The van der Waals surface area contributed by atoms with Crippen LogP contribution in [-0.2, 0) is 4.79 Å². The van der Waals surface area contributed by atoms with Crippen molar-refractivity contribution in [1.82, 2.24) is 5.32 Å². The van der Waals surface area contributed by atoms with Crippen molar-refractivity contribution in [2.75, 3.05) is 24.7 Å². The van der Waals surface area contributed by atoms with E-state index in [0.717, 1.165) is 30.1 Å². The molecule has 0 aliphatic heterocycles. The zero-order valence-electron chi connectivity index (χ0n) is 11.6. The van der Waals surface area contributed by atoms with Crippen LogP contribution in [0.25, 0.3) is 0 Å². The zero-order valence-corrected chi connectivity index (χ0v) is 12.5. The molecule has 0 heterocycles. The number of nitrogens with one attached hydrogen (secondary N) is 1. The minimum absolute atomic E-state index is 0.0913. The maximum Gasteiger partial charge on any atom is 0.223 e. The molecule has 2 atom stereocenters. The van der Waals surface area contributed by atoms with E-state index in [-0.39, 0.29) is 24.3 Å². The van der Waals surface area contributed by atoms with E-state index in [2.05, 4.69) is 5.32 Å². The first kappa shape index (κ1) is 16.2. The van der Waals surface area contributed by atoms with Crippen LogP contribution in [0.3, 0.4) is 0 Å². The van der Waals surface area contributed by atoms with Crippen LogP contribution in [0, 0.1) is 17.6 Å². The van der Waals surface area contributed by atoms with Gasteiger partial charge in [-0.3, -0.25) is 4.79 Å². The Balaban J connectivity index is 1.73. The molecule has 1 aliphatic rings. The van der Waals surface area contributed by atoms with Crippen molar-refractivity contribution in [3.63, 3.8) is 0 Å². The lowest BCUT2D eigenvalue weighted by atomic mass is 10.1. The lowest BCUT2D eigenvalue weighted by Gasteiger charge is -2.05. The number of carbonyl (C=O) groups excluding carboxylic acids is 1. The number of halogens is 2. The Bertz CT molecular complexity index is 499. The van der Waals surface area contributed by atoms with Gasteiger partial charge in [0, 0.05) is 24.8 Å². The molecule has 0 radical (unpaired) electrons. The van der Waals surface area contributed by atoms with Crippen LogP contribution in [-0.4, -0.2) is 35.7 Å². The van der Waals surface area contributed by atoms with E-state index in [0.29, 0.717) is 18.5 Å². The number of aliphatic hydroxyl groups excluding tert-OH is 1. The molecule has 1 aromatic carbocycles. The normalized spacial score (nSPS) is 20.3. The highest BCUT2D eigenvalue weighted by Gasteiger charge is 2.45. The van der Waals surface area contributed by atoms with Crippen molar-refractivity contribution < 1.29 is 18.7 Å². The molecule has 3 nitrogen and oxygen atoms in total. The quantitative estimate of drug-likeness (QED) is 0.724. The number of benzene rings is 1. The van der Waals surface area contributed by atoms with Gasteiger partial charge < -0.3 is 10.4 Å². The van der Waals surface area contributed by atoms with Gasteiger partial charge in [0.25, 0.3) is 0 Å². The summed E-state index contributed by atoms with van der Waals surface area (Å²) in [6.45, 7) is 0.742. The summed E-state index contributed by atoms with van der Waals surface area (Å²) in [5.41, 5.74) is 0.299. The van der Waals surface area contributed by atoms with Crippen molar-refractivity contribution in [2.24, 2.45) is 5.92 Å². The summed E-state index contributed by atoms with van der Waals surface area (Å²) < 4.78 is 26.7. The zero-order chi connectivity index (χ0) is 15.2. The first-order chi connectivity index (χ1) is 10.1. The molecule has 2 rings (SSSR count). The number of hydrogen-bond acceptors (Lipinski definition) is 3. The summed E-state index contributed by atoms with van der Waals surface area (Å²) >= 11 is 1.67. The predicted molar refractivity (Wildman–Crippen MR) is 79.2 cm³/mol. The lowest BCUT2D eigenvalue weighted by molar-refractivity contribution is -0.122. The predicted octanol–water partition coefficient (Wildman–Crippen LogP) is 2.30. The third-order valence-electron chi connectivity index (χ3n) is 3.48. The molecule has 1 aromatic rings. The number of carbonyl (C=O) groups is 1. The number of amides is 1. The molecular formula is C15H19F2NO2S. The third-order valence-corrected chi connectivity index (χ3v) is 4.55. The summed E-state index contributed by atoms with van der Waals surface area (Å²) in [5.74, 6) is 0.191. The first-order valence-corrected chi connectivity index (χ1v) is 8.20. The molecule has 1 saturated carbocycles. The van der Waals surface area contributed by atoms with Gasteiger partial charge in [-0.25, -0.2) is 8.78 Å². The second-order valence-corrected chi connectivity index (χ2v) is 6.32. The lowest BCUT2D eigenvalue weighted by Crippen LogP contribution is -2.27.